The maximum Gasteiger partial charge on any atom is 0.451 e. The summed E-state index contributed by atoms with van der Waals surface area (Å²) in [4.78, 5) is 4.31. The average molecular weight is 267 g/mol. The Balaban J connectivity index is 1.88. The number of imidazole rings is 1. The summed E-state index contributed by atoms with van der Waals surface area (Å²) in [5.74, 6) is 0. The van der Waals surface area contributed by atoms with Gasteiger partial charge in [-0.2, -0.15) is 0 Å². The van der Waals surface area contributed by atoms with Gasteiger partial charge in [0.1, 0.15) is 0 Å². The van der Waals surface area contributed by atoms with Crippen LogP contribution in [-0.4, -0.2) is 26.7 Å². The van der Waals surface area contributed by atoms with Gasteiger partial charge in [-0.25, -0.2) is 4.98 Å². The maximum absolute atomic E-state index is 8.73. The van der Waals surface area contributed by atoms with E-state index in [-0.39, 0.29) is 0 Å². The second-order valence-electron chi connectivity index (χ2n) is 4.40. The molecule has 1 heterocycles. The summed E-state index contributed by atoms with van der Waals surface area (Å²) in [5, 5.41) is 18.2. The Kier molecular flexibility index (Phi) is 4.63. The van der Waals surface area contributed by atoms with Crippen LogP contribution >= 0.6 is 11.6 Å². The number of aromatic nitrogens is 2. The molecule has 0 aliphatic rings. The molecule has 4 nitrogen and oxygen atoms in total. The Labute approximate surface area is 111 Å². The molecule has 0 amide bonds. The molecule has 1 aromatic heterocycles. The molecule has 0 saturated carbocycles. The number of fused-ring (bicyclic) bond motifs is 1. The van der Waals surface area contributed by atoms with E-state index >= 15 is 0 Å². The first-order valence-corrected chi connectivity index (χ1v) is 6.51. The lowest BCUT2D eigenvalue weighted by molar-refractivity contribution is 0.401. The molecule has 2 N–H and O–H groups in total. The molecule has 0 unspecified atom stereocenters. The number of nitrogens with zero attached hydrogens (tertiary/aromatic N) is 2. The van der Waals surface area contributed by atoms with Crippen LogP contribution in [0.25, 0.3) is 11.0 Å². The van der Waals surface area contributed by atoms with Gasteiger partial charge in [0.25, 0.3) is 0 Å². The fourth-order valence-electron chi connectivity index (χ4n) is 2.00. The van der Waals surface area contributed by atoms with Crippen molar-refractivity contribution in [3.8, 4) is 0 Å². The zero-order valence-corrected chi connectivity index (χ0v) is 10.8. The predicted molar refractivity (Wildman–Crippen MR) is 73.6 cm³/mol. The van der Waals surface area contributed by atoms with Gasteiger partial charge in [0.15, 0.2) is 0 Å². The zero-order valence-electron chi connectivity index (χ0n) is 10.1. The zero-order chi connectivity index (χ0) is 13.0. The fraction of sp³-hybridized carbons (Fsp3) is 0.417. The first-order chi connectivity index (χ1) is 8.66. The van der Waals surface area contributed by atoms with E-state index in [2.05, 4.69) is 9.55 Å². The lowest BCUT2D eigenvalue weighted by atomic mass is 9.83. The topological polar surface area (TPSA) is 58.3 Å². The molecule has 2 rings (SSSR count). The number of benzene rings is 1. The first kappa shape index (κ1) is 13.4. The van der Waals surface area contributed by atoms with Gasteiger partial charge >= 0.3 is 7.12 Å². The molecule has 18 heavy (non-hydrogen) atoms. The maximum atomic E-state index is 8.73. The summed E-state index contributed by atoms with van der Waals surface area (Å²) in [6.45, 7) is 0.889. The van der Waals surface area contributed by atoms with Crippen LogP contribution in [0.15, 0.2) is 24.5 Å². The van der Waals surface area contributed by atoms with Crippen molar-refractivity contribution in [2.24, 2.45) is 0 Å². The van der Waals surface area contributed by atoms with Crippen molar-refractivity contribution in [1.82, 2.24) is 9.55 Å². The number of hydrogen-bond acceptors (Lipinski definition) is 3. The molecule has 2 aromatic rings. The van der Waals surface area contributed by atoms with Gasteiger partial charge in [-0.3, -0.25) is 0 Å². The van der Waals surface area contributed by atoms with Crippen molar-refractivity contribution in [3.05, 3.63) is 29.5 Å². The van der Waals surface area contributed by atoms with Gasteiger partial charge in [0, 0.05) is 11.6 Å². The van der Waals surface area contributed by atoms with Gasteiger partial charge in [0.2, 0.25) is 0 Å². The number of rotatable bonds is 6. The number of halogens is 1. The van der Waals surface area contributed by atoms with Crippen LogP contribution in [0.4, 0.5) is 0 Å². The fourth-order valence-corrected chi connectivity index (χ4v) is 2.17. The van der Waals surface area contributed by atoms with Crippen molar-refractivity contribution in [1.29, 1.82) is 0 Å². The Bertz CT molecular complexity index is 516. The first-order valence-electron chi connectivity index (χ1n) is 6.13. The molecule has 0 fully saturated rings. The van der Waals surface area contributed by atoms with Crippen LogP contribution in [0.3, 0.4) is 0 Å². The Morgan fingerprint density at radius 1 is 1.22 bits per heavy atom. The SMILES string of the molecule is OB(O)CCCCCn1cnc2cc(Cl)ccc21. The second kappa shape index (κ2) is 6.23. The van der Waals surface area contributed by atoms with Crippen LogP contribution in [-0.2, 0) is 6.54 Å². The van der Waals surface area contributed by atoms with Crippen LogP contribution in [0.2, 0.25) is 11.3 Å². The van der Waals surface area contributed by atoms with E-state index in [4.69, 9.17) is 21.6 Å². The number of hydrogen-bond donors (Lipinski definition) is 2. The molecule has 0 radical (unpaired) electrons. The second-order valence-corrected chi connectivity index (χ2v) is 4.84. The minimum atomic E-state index is -1.18. The summed E-state index contributed by atoms with van der Waals surface area (Å²) in [6.07, 6.45) is 5.07. The smallest absolute Gasteiger partial charge is 0.427 e. The van der Waals surface area contributed by atoms with Crippen molar-refractivity contribution < 1.29 is 10.0 Å². The molecule has 6 heteroatoms. The highest BCUT2D eigenvalue weighted by molar-refractivity contribution is 6.40. The van der Waals surface area contributed by atoms with E-state index in [1.54, 1.807) is 0 Å². The third-order valence-corrected chi connectivity index (χ3v) is 3.18. The van der Waals surface area contributed by atoms with Gasteiger partial charge in [0.05, 0.1) is 17.4 Å². The van der Waals surface area contributed by atoms with E-state index in [0.717, 1.165) is 36.8 Å². The minimum Gasteiger partial charge on any atom is -0.427 e. The Morgan fingerprint density at radius 2 is 2.06 bits per heavy atom. The molecule has 0 aliphatic carbocycles. The molecule has 0 bridgehead atoms. The average Bonchev–Trinajstić information content (AvgIpc) is 2.70. The monoisotopic (exact) mass is 266 g/mol. The van der Waals surface area contributed by atoms with E-state index in [1.807, 2.05) is 24.5 Å². The number of aryl methyl sites for hydroxylation is 1. The summed E-state index contributed by atoms with van der Waals surface area (Å²) in [5.41, 5.74) is 2.00. The van der Waals surface area contributed by atoms with Crippen molar-refractivity contribution in [2.75, 3.05) is 0 Å². The Hall–Kier alpha value is -1.04. The summed E-state index contributed by atoms with van der Waals surface area (Å²) >= 11 is 5.91. The largest absolute Gasteiger partial charge is 0.451 e. The van der Waals surface area contributed by atoms with Crippen molar-refractivity contribution in [3.63, 3.8) is 0 Å². The summed E-state index contributed by atoms with van der Waals surface area (Å²) in [7, 11) is -1.18. The van der Waals surface area contributed by atoms with Gasteiger partial charge < -0.3 is 14.6 Å². The van der Waals surface area contributed by atoms with Gasteiger partial charge in [-0.05, 0) is 30.9 Å². The molecule has 0 saturated heterocycles. The van der Waals surface area contributed by atoms with Crippen LogP contribution in [0, 0.1) is 0 Å². The predicted octanol–water partition coefficient (Wildman–Crippen LogP) is 2.33. The third kappa shape index (κ3) is 3.48. The van der Waals surface area contributed by atoms with E-state index < -0.39 is 7.12 Å². The van der Waals surface area contributed by atoms with E-state index in [1.165, 1.54) is 0 Å². The van der Waals surface area contributed by atoms with E-state index in [0.29, 0.717) is 11.3 Å². The van der Waals surface area contributed by atoms with E-state index in [9.17, 15) is 0 Å². The van der Waals surface area contributed by atoms with Crippen LogP contribution < -0.4 is 0 Å². The minimum absolute atomic E-state index is 0.445. The summed E-state index contributed by atoms with van der Waals surface area (Å²) < 4.78 is 2.10. The van der Waals surface area contributed by atoms with Crippen LogP contribution in [0.1, 0.15) is 19.3 Å². The quantitative estimate of drug-likeness (QED) is 0.623. The normalized spacial score (nSPS) is 11.1. The molecular weight excluding hydrogens is 250 g/mol. The highest BCUT2D eigenvalue weighted by atomic mass is 35.5. The molecule has 0 spiro atoms. The molecule has 96 valence electrons. The third-order valence-electron chi connectivity index (χ3n) is 2.94. The van der Waals surface area contributed by atoms with Gasteiger partial charge in [-0.15, -0.1) is 0 Å². The molecule has 0 aliphatic heterocycles. The standard InChI is InChI=1S/C12H16BClN2O2/c14-10-4-5-12-11(8-10)15-9-16(12)7-3-1-2-6-13(17)18/h4-5,8-9,17-18H,1-3,6-7H2. The highest BCUT2D eigenvalue weighted by Gasteiger charge is 2.06. The molecule has 1 aromatic carbocycles. The molecular formula is C12H16BClN2O2. The van der Waals surface area contributed by atoms with Crippen molar-refractivity contribution >= 4 is 29.8 Å². The van der Waals surface area contributed by atoms with Crippen molar-refractivity contribution in [2.45, 2.75) is 32.1 Å². The van der Waals surface area contributed by atoms with Crippen LogP contribution in [0.5, 0.6) is 0 Å². The number of unbranched alkanes of at least 4 members (excludes halogenated alkanes) is 2. The summed E-state index contributed by atoms with van der Waals surface area (Å²) in [6, 6.07) is 5.70. The lowest BCUT2D eigenvalue weighted by Gasteiger charge is -2.04. The highest BCUT2D eigenvalue weighted by Crippen LogP contribution is 2.18. The lowest BCUT2D eigenvalue weighted by Crippen LogP contribution is -2.09. The Morgan fingerprint density at radius 3 is 2.83 bits per heavy atom. The van der Waals surface area contributed by atoms with Gasteiger partial charge in [-0.1, -0.05) is 24.4 Å². The molecule has 0 atom stereocenters.